The molecular weight excluding hydrogens is 306 g/mol. The monoisotopic (exact) mass is 323 g/mol. The minimum absolute atomic E-state index is 0.189. The molecule has 0 aliphatic carbocycles. The van der Waals surface area contributed by atoms with E-state index in [0.29, 0.717) is 23.0 Å². The maximum Gasteiger partial charge on any atom is 0.325 e. The van der Waals surface area contributed by atoms with Gasteiger partial charge in [-0.1, -0.05) is 11.6 Å². The number of anilines is 1. The molecule has 0 saturated carbocycles. The van der Waals surface area contributed by atoms with Gasteiger partial charge in [-0.2, -0.15) is 0 Å². The predicted molar refractivity (Wildman–Crippen MR) is 85.8 cm³/mol. The van der Waals surface area contributed by atoms with Crippen LogP contribution in [-0.2, 0) is 11.3 Å². The first-order valence-corrected chi connectivity index (χ1v) is 7.19. The van der Waals surface area contributed by atoms with Crippen LogP contribution in [-0.4, -0.2) is 22.6 Å². The van der Waals surface area contributed by atoms with Crippen molar-refractivity contribution in [1.82, 2.24) is 9.55 Å². The first-order chi connectivity index (χ1) is 10.4. The molecule has 0 bridgehead atoms. The van der Waals surface area contributed by atoms with Gasteiger partial charge in [0.2, 0.25) is 5.91 Å². The lowest BCUT2D eigenvalue weighted by Crippen LogP contribution is -2.22. The molecule has 118 valence electrons. The Bertz CT molecular complexity index is 749. The molecule has 1 aromatic heterocycles. The van der Waals surface area contributed by atoms with Gasteiger partial charge in [-0.15, -0.1) is 0 Å². The minimum Gasteiger partial charge on any atom is -0.495 e. The van der Waals surface area contributed by atoms with Gasteiger partial charge in [-0.05, 0) is 32.0 Å². The number of hydrogen-bond donors (Lipinski definition) is 2. The highest BCUT2D eigenvalue weighted by Gasteiger charge is 2.10. The molecule has 0 radical (unpaired) electrons. The van der Waals surface area contributed by atoms with Crippen molar-refractivity contribution in [2.45, 2.75) is 26.8 Å². The van der Waals surface area contributed by atoms with Gasteiger partial charge in [0.15, 0.2) is 0 Å². The molecule has 0 aliphatic heterocycles. The van der Waals surface area contributed by atoms with Crippen LogP contribution in [0.1, 0.15) is 17.8 Å². The molecule has 1 aromatic carbocycles. The molecule has 1 amide bonds. The van der Waals surface area contributed by atoms with Crippen LogP contribution in [0.25, 0.3) is 0 Å². The number of ether oxygens (including phenoxy) is 1. The number of benzene rings is 1. The second kappa shape index (κ2) is 6.70. The van der Waals surface area contributed by atoms with E-state index in [4.69, 9.17) is 16.3 Å². The molecule has 6 nitrogen and oxygen atoms in total. The van der Waals surface area contributed by atoms with Gasteiger partial charge in [-0.3, -0.25) is 9.36 Å². The second-order valence-corrected chi connectivity index (χ2v) is 5.35. The highest BCUT2D eigenvalue weighted by atomic mass is 35.5. The van der Waals surface area contributed by atoms with E-state index in [0.717, 1.165) is 11.4 Å². The van der Waals surface area contributed by atoms with Crippen molar-refractivity contribution in [3.05, 3.63) is 45.1 Å². The Morgan fingerprint density at radius 2 is 2.14 bits per heavy atom. The Kier molecular flexibility index (Phi) is 4.92. The van der Waals surface area contributed by atoms with E-state index in [1.807, 2.05) is 13.8 Å². The van der Waals surface area contributed by atoms with Gasteiger partial charge in [0.05, 0.1) is 12.1 Å². The molecule has 0 aliphatic rings. The van der Waals surface area contributed by atoms with E-state index in [-0.39, 0.29) is 18.0 Å². The molecule has 0 unspecified atom stereocenters. The zero-order valence-corrected chi connectivity index (χ0v) is 13.5. The van der Waals surface area contributed by atoms with Crippen molar-refractivity contribution in [3.63, 3.8) is 0 Å². The topological polar surface area (TPSA) is 76.1 Å². The van der Waals surface area contributed by atoms with E-state index in [1.165, 1.54) is 7.11 Å². The van der Waals surface area contributed by atoms with Gasteiger partial charge in [0, 0.05) is 30.0 Å². The summed E-state index contributed by atoms with van der Waals surface area (Å²) in [5.41, 5.74) is 2.04. The maximum atomic E-state index is 12.0. The van der Waals surface area contributed by atoms with Crippen LogP contribution in [0.15, 0.2) is 23.0 Å². The minimum atomic E-state index is -0.199. The van der Waals surface area contributed by atoms with Crippen molar-refractivity contribution < 1.29 is 9.53 Å². The fraction of sp³-hybridized carbons (Fsp3) is 0.333. The summed E-state index contributed by atoms with van der Waals surface area (Å²) in [7, 11) is 1.53. The fourth-order valence-corrected chi connectivity index (χ4v) is 2.38. The maximum absolute atomic E-state index is 12.0. The number of rotatable bonds is 5. The number of methoxy groups -OCH3 is 1. The molecule has 2 aromatic rings. The van der Waals surface area contributed by atoms with Crippen LogP contribution in [0.4, 0.5) is 5.69 Å². The average Bonchev–Trinajstić information content (AvgIpc) is 2.70. The summed E-state index contributed by atoms with van der Waals surface area (Å²) in [5.74, 6) is 0.357. The van der Waals surface area contributed by atoms with E-state index in [9.17, 15) is 9.59 Å². The largest absolute Gasteiger partial charge is 0.495 e. The average molecular weight is 324 g/mol. The lowest BCUT2D eigenvalue weighted by Gasteiger charge is -2.09. The Labute approximate surface area is 133 Å². The van der Waals surface area contributed by atoms with Crippen LogP contribution < -0.4 is 15.7 Å². The van der Waals surface area contributed by atoms with Crippen LogP contribution in [0, 0.1) is 13.8 Å². The van der Waals surface area contributed by atoms with Gasteiger partial charge < -0.3 is 15.0 Å². The number of nitrogens with zero attached hydrogens (tertiary/aromatic N) is 1. The number of halogens is 1. The number of aryl methyl sites for hydroxylation is 1. The summed E-state index contributed by atoms with van der Waals surface area (Å²) < 4.78 is 6.60. The Morgan fingerprint density at radius 3 is 2.68 bits per heavy atom. The zero-order chi connectivity index (χ0) is 16.3. The van der Waals surface area contributed by atoms with Crippen molar-refractivity contribution >= 4 is 23.2 Å². The summed E-state index contributed by atoms with van der Waals surface area (Å²) in [5, 5.41) is 3.17. The Balaban J connectivity index is 1.99. The number of carbonyl (C=O) groups excluding carboxylic acids is 1. The van der Waals surface area contributed by atoms with Gasteiger partial charge >= 0.3 is 5.69 Å². The molecule has 0 fully saturated rings. The summed E-state index contributed by atoms with van der Waals surface area (Å²) in [4.78, 5) is 26.4. The third kappa shape index (κ3) is 3.51. The quantitative estimate of drug-likeness (QED) is 0.887. The number of aromatic amines is 1. The van der Waals surface area contributed by atoms with Crippen LogP contribution >= 0.6 is 11.6 Å². The number of nitrogens with one attached hydrogen (secondary N) is 2. The van der Waals surface area contributed by atoms with Crippen LogP contribution in [0.3, 0.4) is 0 Å². The number of imidazole rings is 1. The van der Waals surface area contributed by atoms with E-state index >= 15 is 0 Å². The van der Waals surface area contributed by atoms with E-state index in [2.05, 4.69) is 10.3 Å². The standard InChI is InChI=1S/C15H18ClN3O3/c1-9-10(2)19(15(21)17-9)7-6-14(20)18-11-4-5-13(22-3)12(16)8-11/h4-5,8H,6-7H2,1-3H3,(H,17,21)(H,18,20). The number of aromatic nitrogens is 2. The highest BCUT2D eigenvalue weighted by molar-refractivity contribution is 6.32. The Hall–Kier alpha value is -2.21. The van der Waals surface area contributed by atoms with Gasteiger partial charge in [0.25, 0.3) is 0 Å². The van der Waals surface area contributed by atoms with Gasteiger partial charge in [-0.25, -0.2) is 4.79 Å². The first-order valence-electron chi connectivity index (χ1n) is 6.81. The lowest BCUT2D eigenvalue weighted by atomic mass is 10.3. The number of H-pyrrole nitrogens is 1. The molecule has 22 heavy (non-hydrogen) atoms. The molecule has 7 heteroatoms. The second-order valence-electron chi connectivity index (χ2n) is 4.94. The third-order valence-corrected chi connectivity index (χ3v) is 3.78. The lowest BCUT2D eigenvalue weighted by molar-refractivity contribution is -0.116. The number of amides is 1. The first kappa shape index (κ1) is 16.2. The molecule has 1 heterocycles. The fourth-order valence-electron chi connectivity index (χ4n) is 2.12. The van der Waals surface area contributed by atoms with Crippen molar-refractivity contribution in [2.75, 3.05) is 12.4 Å². The van der Waals surface area contributed by atoms with Crippen LogP contribution in [0.5, 0.6) is 5.75 Å². The highest BCUT2D eigenvalue weighted by Crippen LogP contribution is 2.27. The molecule has 0 atom stereocenters. The molecule has 0 spiro atoms. The zero-order valence-electron chi connectivity index (χ0n) is 12.7. The Morgan fingerprint density at radius 1 is 1.41 bits per heavy atom. The number of carbonyl (C=O) groups is 1. The molecular formula is C15H18ClN3O3. The van der Waals surface area contributed by atoms with Crippen molar-refractivity contribution in [3.8, 4) is 5.75 Å². The molecule has 2 N–H and O–H groups in total. The van der Waals surface area contributed by atoms with E-state index in [1.54, 1.807) is 22.8 Å². The summed E-state index contributed by atoms with van der Waals surface area (Å²) in [6.07, 6.45) is 0.196. The summed E-state index contributed by atoms with van der Waals surface area (Å²) in [6.45, 7) is 3.99. The smallest absolute Gasteiger partial charge is 0.325 e. The van der Waals surface area contributed by atoms with Crippen molar-refractivity contribution in [2.24, 2.45) is 0 Å². The van der Waals surface area contributed by atoms with Crippen molar-refractivity contribution in [1.29, 1.82) is 0 Å². The molecule has 0 saturated heterocycles. The van der Waals surface area contributed by atoms with Crippen LogP contribution in [0.2, 0.25) is 5.02 Å². The van der Waals surface area contributed by atoms with Gasteiger partial charge in [0.1, 0.15) is 5.75 Å². The number of hydrogen-bond acceptors (Lipinski definition) is 3. The van der Waals surface area contributed by atoms with E-state index < -0.39 is 0 Å². The molecule has 2 rings (SSSR count). The normalized spacial score (nSPS) is 10.5. The third-order valence-electron chi connectivity index (χ3n) is 3.49. The summed E-state index contributed by atoms with van der Waals surface area (Å²) in [6, 6.07) is 5.01. The summed E-state index contributed by atoms with van der Waals surface area (Å²) >= 11 is 6.00. The predicted octanol–water partition coefficient (Wildman–Crippen LogP) is 2.48. The SMILES string of the molecule is COc1ccc(NC(=O)CCn2c(C)c(C)[nH]c2=O)cc1Cl.